The predicted octanol–water partition coefficient (Wildman–Crippen LogP) is 2.62. The van der Waals surface area contributed by atoms with Crippen LogP contribution in [-0.4, -0.2) is 16.1 Å². The summed E-state index contributed by atoms with van der Waals surface area (Å²) in [6, 6.07) is 4.66. The van der Waals surface area contributed by atoms with E-state index in [1.54, 1.807) is 12.1 Å². The van der Waals surface area contributed by atoms with E-state index in [2.05, 4.69) is 4.98 Å². The minimum atomic E-state index is -1.06. The number of ether oxygens (including phenoxy) is 1. The normalized spacial score (nSPS) is 10.4. The Hall–Kier alpha value is -2.08. The van der Waals surface area contributed by atoms with Crippen molar-refractivity contribution in [1.29, 1.82) is 0 Å². The second kappa shape index (κ2) is 5.27. The van der Waals surface area contributed by atoms with Crippen LogP contribution in [0.3, 0.4) is 0 Å². The molecule has 0 radical (unpaired) electrons. The Morgan fingerprint density at radius 2 is 2.21 bits per heavy atom. The maximum atomic E-state index is 11.1. The van der Waals surface area contributed by atoms with Gasteiger partial charge in [-0.3, -0.25) is 0 Å². The van der Waals surface area contributed by atoms with Gasteiger partial charge in [0.15, 0.2) is 5.75 Å². The van der Waals surface area contributed by atoms with E-state index in [1.165, 1.54) is 17.4 Å². The molecule has 19 heavy (non-hydrogen) atoms. The van der Waals surface area contributed by atoms with Crippen molar-refractivity contribution in [3.05, 3.63) is 39.3 Å². The van der Waals surface area contributed by atoms with E-state index in [1.807, 2.05) is 13.8 Å². The molecule has 3 N–H and O–H groups in total. The van der Waals surface area contributed by atoms with Gasteiger partial charge >= 0.3 is 5.97 Å². The Morgan fingerprint density at radius 3 is 2.79 bits per heavy atom. The molecule has 0 saturated carbocycles. The van der Waals surface area contributed by atoms with Crippen LogP contribution in [0.25, 0.3) is 0 Å². The number of rotatable bonds is 4. The largest absolute Gasteiger partial charge is 0.483 e. The SMILES string of the molecule is Cc1nc(COc2c(N)cccc2C(=O)O)sc1C. The number of anilines is 1. The fourth-order valence-electron chi connectivity index (χ4n) is 1.62. The van der Waals surface area contributed by atoms with E-state index in [0.29, 0.717) is 5.69 Å². The number of carbonyl (C=O) groups is 1. The van der Waals surface area contributed by atoms with Gasteiger partial charge in [0.05, 0.1) is 11.4 Å². The fourth-order valence-corrected chi connectivity index (χ4v) is 2.47. The molecule has 1 aromatic heterocycles. The Bertz CT molecular complexity index is 603. The van der Waals surface area contributed by atoms with Crippen LogP contribution in [0.4, 0.5) is 5.69 Å². The van der Waals surface area contributed by atoms with Crippen molar-refractivity contribution in [1.82, 2.24) is 4.98 Å². The highest BCUT2D eigenvalue weighted by Gasteiger charge is 2.15. The number of carboxylic acids is 1. The Balaban J connectivity index is 2.21. The number of aromatic nitrogens is 1. The number of benzene rings is 1. The Morgan fingerprint density at radius 1 is 1.47 bits per heavy atom. The number of hydrogen-bond donors (Lipinski definition) is 2. The van der Waals surface area contributed by atoms with Crippen molar-refractivity contribution >= 4 is 23.0 Å². The predicted molar refractivity (Wildman–Crippen MR) is 73.7 cm³/mol. The Kier molecular flexibility index (Phi) is 3.71. The van der Waals surface area contributed by atoms with E-state index in [9.17, 15) is 4.79 Å². The molecule has 0 saturated heterocycles. The van der Waals surface area contributed by atoms with Gasteiger partial charge in [0.2, 0.25) is 0 Å². The standard InChI is InChI=1S/C13H14N2O3S/c1-7-8(2)19-11(15-7)6-18-12-9(13(16)17)4-3-5-10(12)14/h3-5H,6,14H2,1-2H3,(H,16,17). The third-order valence-electron chi connectivity index (χ3n) is 2.69. The van der Waals surface area contributed by atoms with E-state index in [0.717, 1.165) is 15.6 Å². The van der Waals surface area contributed by atoms with E-state index < -0.39 is 5.97 Å². The van der Waals surface area contributed by atoms with Crippen LogP contribution in [0.15, 0.2) is 18.2 Å². The number of thiazole rings is 1. The number of para-hydroxylation sites is 1. The first-order valence-corrected chi connectivity index (χ1v) is 6.48. The summed E-state index contributed by atoms with van der Waals surface area (Å²) >= 11 is 1.53. The first kappa shape index (κ1) is 13.4. The average Bonchev–Trinajstić information content (AvgIpc) is 2.67. The summed E-state index contributed by atoms with van der Waals surface area (Å²) in [7, 11) is 0. The molecule has 1 aromatic carbocycles. The number of aromatic carboxylic acids is 1. The zero-order chi connectivity index (χ0) is 14.0. The summed E-state index contributed by atoms with van der Waals surface area (Å²) in [4.78, 5) is 16.6. The van der Waals surface area contributed by atoms with Gasteiger partial charge in [0, 0.05) is 4.88 Å². The summed E-state index contributed by atoms with van der Waals surface area (Å²) in [5, 5.41) is 9.89. The van der Waals surface area contributed by atoms with Crippen molar-refractivity contribution in [2.24, 2.45) is 0 Å². The molecular formula is C13H14N2O3S. The van der Waals surface area contributed by atoms with Gasteiger partial charge in [-0.2, -0.15) is 0 Å². The second-order valence-corrected chi connectivity index (χ2v) is 5.35. The topological polar surface area (TPSA) is 85.4 Å². The smallest absolute Gasteiger partial charge is 0.339 e. The van der Waals surface area contributed by atoms with Crippen molar-refractivity contribution in [3.63, 3.8) is 0 Å². The number of carboxylic acid groups (broad SMARTS) is 1. The fraction of sp³-hybridized carbons (Fsp3) is 0.231. The summed E-state index contributed by atoms with van der Waals surface area (Å²) in [6.45, 7) is 4.12. The zero-order valence-corrected chi connectivity index (χ0v) is 11.5. The van der Waals surface area contributed by atoms with Gasteiger partial charge in [-0.15, -0.1) is 11.3 Å². The van der Waals surface area contributed by atoms with Gasteiger partial charge in [-0.05, 0) is 26.0 Å². The zero-order valence-electron chi connectivity index (χ0n) is 10.6. The molecule has 0 amide bonds. The summed E-state index contributed by atoms with van der Waals surface area (Å²) < 4.78 is 5.53. The summed E-state index contributed by atoms with van der Waals surface area (Å²) in [5.41, 5.74) is 7.08. The van der Waals surface area contributed by atoms with Crippen molar-refractivity contribution in [2.75, 3.05) is 5.73 Å². The monoisotopic (exact) mass is 278 g/mol. The molecule has 0 fully saturated rings. The molecule has 0 aliphatic carbocycles. The number of nitrogen functional groups attached to an aromatic ring is 1. The molecule has 0 spiro atoms. The van der Waals surface area contributed by atoms with Gasteiger partial charge in [0.25, 0.3) is 0 Å². The second-order valence-electron chi connectivity index (χ2n) is 4.07. The Labute approximate surface area is 114 Å². The van der Waals surface area contributed by atoms with Crippen LogP contribution in [0.2, 0.25) is 0 Å². The first-order chi connectivity index (χ1) is 8.99. The quantitative estimate of drug-likeness (QED) is 0.840. The third kappa shape index (κ3) is 2.85. The van der Waals surface area contributed by atoms with Crippen molar-refractivity contribution < 1.29 is 14.6 Å². The molecule has 2 aromatic rings. The lowest BCUT2D eigenvalue weighted by atomic mass is 10.2. The van der Waals surface area contributed by atoms with Gasteiger partial charge in [-0.25, -0.2) is 9.78 Å². The minimum Gasteiger partial charge on any atom is -0.483 e. The summed E-state index contributed by atoms with van der Waals surface area (Å²) in [6.07, 6.45) is 0. The maximum absolute atomic E-state index is 11.1. The van der Waals surface area contributed by atoms with Crippen molar-refractivity contribution in [3.8, 4) is 5.75 Å². The number of nitrogens with two attached hydrogens (primary N) is 1. The van der Waals surface area contributed by atoms with E-state index >= 15 is 0 Å². The minimum absolute atomic E-state index is 0.0602. The molecule has 0 aliphatic rings. The lowest BCUT2D eigenvalue weighted by molar-refractivity contribution is 0.0692. The highest BCUT2D eigenvalue weighted by Crippen LogP contribution is 2.28. The van der Waals surface area contributed by atoms with E-state index in [-0.39, 0.29) is 17.9 Å². The lowest BCUT2D eigenvalue weighted by Crippen LogP contribution is -2.06. The van der Waals surface area contributed by atoms with Crippen LogP contribution in [0.5, 0.6) is 5.75 Å². The molecule has 1 heterocycles. The number of aryl methyl sites for hydroxylation is 2. The van der Waals surface area contributed by atoms with Crippen LogP contribution in [0, 0.1) is 13.8 Å². The average molecular weight is 278 g/mol. The van der Waals surface area contributed by atoms with Gasteiger partial charge < -0.3 is 15.6 Å². The van der Waals surface area contributed by atoms with Crippen molar-refractivity contribution in [2.45, 2.75) is 20.5 Å². The molecule has 6 heteroatoms. The maximum Gasteiger partial charge on any atom is 0.339 e. The van der Waals surface area contributed by atoms with E-state index in [4.69, 9.17) is 15.6 Å². The summed E-state index contributed by atoms with van der Waals surface area (Å²) in [5.74, 6) is -0.866. The molecule has 0 atom stereocenters. The molecule has 0 bridgehead atoms. The molecule has 5 nitrogen and oxygen atoms in total. The van der Waals surface area contributed by atoms with Crippen LogP contribution < -0.4 is 10.5 Å². The third-order valence-corrected chi connectivity index (χ3v) is 3.74. The highest BCUT2D eigenvalue weighted by atomic mass is 32.1. The highest BCUT2D eigenvalue weighted by molar-refractivity contribution is 7.11. The number of nitrogens with zero attached hydrogens (tertiary/aromatic N) is 1. The van der Waals surface area contributed by atoms with Gasteiger partial charge in [0.1, 0.15) is 17.2 Å². The molecule has 2 rings (SSSR count). The molecule has 0 unspecified atom stereocenters. The lowest BCUT2D eigenvalue weighted by Gasteiger charge is -2.10. The van der Waals surface area contributed by atoms with Gasteiger partial charge in [-0.1, -0.05) is 6.07 Å². The molecule has 100 valence electrons. The molecular weight excluding hydrogens is 264 g/mol. The van der Waals surface area contributed by atoms with Crippen LogP contribution in [0.1, 0.15) is 25.9 Å². The molecule has 0 aliphatic heterocycles. The number of hydrogen-bond acceptors (Lipinski definition) is 5. The van der Waals surface area contributed by atoms with Crippen LogP contribution in [-0.2, 0) is 6.61 Å². The van der Waals surface area contributed by atoms with Crippen LogP contribution >= 0.6 is 11.3 Å². The first-order valence-electron chi connectivity index (χ1n) is 5.66.